The van der Waals surface area contributed by atoms with Crippen LogP contribution in [0.1, 0.15) is 30.4 Å². The number of hydrazine groups is 1. The first kappa shape index (κ1) is 21.9. The highest BCUT2D eigenvalue weighted by Gasteiger charge is 2.62. The Balaban J connectivity index is 1.80. The Kier molecular flexibility index (Phi) is 5.03. The number of fused-ring (bicyclic) bond motifs is 3. The van der Waals surface area contributed by atoms with E-state index in [1.165, 1.54) is 17.0 Å². The van der Waals surface area contributed by atoms with E-state index in [2.05, 4.69) is 6.07 Å². The minimum absolute atomic E-state index is 0.0365. The van der Waals surface area contributed by atoms with E-state index in [0.717, 1.165) is 0 Å². The second-order valence-electron chi connectivity index (χ2n) is 8.92. The molecule has 2 N–H and O–H groups in total. The number of nitriles is 1. The van der Waals surface area contributed by atoms with Crippen LogP contribution in [0.2, 0.25) is 0 Å². The fourth-order valence-electron chi connectivity index (χ4n) is 5.54. The number of nitrogens with zero attached hydrogens (tertiary/aromatic N) is 4. The van der Waals surface area contributed by atoms with Gasteiger partial charge in [0, 0.05) is 43.0 Å². The van der Waals surface area contributed by atoms with Crippen molar-refractivity contribution in [1.29, 1.82) is 5.26 Å². The summed E-state index contributed by atoms with van der Waals surface area (Å²) in [6.45, 7) is 0.0994. The molecular weight excluding hydrogens is 433 g/mol. The van der Waals surface area contributed by atoms with Crippen LogP contribution in [0.3, 0.4) is 0 Å². The van der Waals surface area contributed by atoms with E-state index in [9.17, 15) is 19.2 Å². The lowest BCUT2D eigenvalue weighted by Gasteiger charge is -2.45. The van der Waals surface area contributed by atoms with Crippen molar-refractivity contribution in [2.45, 2.75) is 31.2 Å². The summed E-state index contributed by atoms with van der Waals surface area (Å²) >= 11 is 0. The van der Waals surface area contributed by atoms with Gasteiger partial charge in [-0.05, 0) is 36.6 Å². The highest BCUT2D eigenvalue weighted by atomic mass is 19.1. The summed E-state index contributed by atoms with van der Waals surface area (Å²) in [5.74, 6) is -0.847. The molecule has 172 valence electrons. The maximum atomic E-state index is 14.4. The van der Waals surface area contributed by atoms with Crippen molar-refractivity contribution in [3.63, 3.8) is 0 Å². The summed E-state index contributed by atoms with van der Waals surface area (Å²) in [6, 6.07) is 15.4. The fourth-order valence-corrected chi connectivity index (χ4v) is 5.54. The SMILES string of the molecule is CN(C)N1C(N)=C(C#N)C2(C(=O)N(Cc3cccc(F)c3)c3ccccc32)C2=C1CCCC2=O. The molecule has 0 aromatic heterocycles. The highest BCUT2D eigenvalue weighted by Crippen LogP contribution is 2.56. The number of hydrogen-bond donors (Lipinski definition) is 1. The number of ketones is 1. The van der Waals surface area contributed by atoms with Crippen LogP contribution >= 0.6 is 0 Å². The molecule has 1 unspecified atom stereocenters. The molecule has 3 aliphatic rings. The van der Waals surface area contributed by atoms with Crippen molar-refractivity contribution < 1.29 is 14.0 Å². The number of rotatable bonds is 3. The number of para-hydroxylation sites is 1. The molecule has 2 heterocycles. The maximum absolute atomic E-state index is 14.4. The first-order valence-electron chi connectivity index (χ1n) is 11.1. The van der Waals surface area contributed by atoms with Crippen LogP contribution in [0, 0.1) is 17.1 Å². The van der Waals surface area contributed by atoms with Gasteiger partial charge in [0.15, 0.2) is 5.78 Å². The lowest BCUT2D eigenvalue weighted by Crippen LogP contribution is -2.54. The van der Waals surface area contributed by atoms with Gasteiger partial charge in [-0.15, -0.1) is 0 Å². The second kappa shape index (κ2) is 7.82. The van der Waals surface area contributed by atoms with Gasteiger partial charge in [0.1, 0.15) is 23.1 Å². The highest BCUT2D eigenvalue weighted by molar-refractivity contribution is 6.20. The van der Waals surface area contributed by atoms with E-state index >= 15 is 0 Å². The van der Waals surface area contributed by atoms with E-state index < -0.39 is 17.1 Å². The molecule has 0 radical (unpaired) electrons. The van der Waals surface area contributed by atoms with Crippen molar-refractivity contribution in [2.75, 3.05) is 19.0 Å². The molecule has 0 saturated heterocycles. The summed E-state index contributed by atoms with van der Waals surface area (Å²) in [4.78, 5) is 29.4. The maximum Gasteiger partial charge on any atom is 0.248 e. The van der Waals surface area contributed by atoms with Crippen LogP contribution in [-0.2, 0) is 21.5 Å². The Morgan fingerprint density at radius 3 is 2.62 bits per heavy atom. The molecule has 8 heteroatoms. The van der Waals surface area contributed by atoms with Gasteiger partial charge >= 0.3 is 0 Å². The number of halogens is 1. The third kappa shape index (κ3) is 2.83. The van der Waals surface area contributed by atoms with Gasteiger partial charge in [0.25, 0.3) is 0 Å². The Bertz CT molecular complexity index is 1340. The molecule has 0 saturated carbocycles. The van der Waals surface area contributed by atoms with Crippen LogP contribution in [0.5, 0.6) is 0 Å². The first-order valence-corrected chi connectivity index (χ1v) is 11.1. The van der Waals surface area contributed by atoms with Crippen LogP contribution in [-0.4, -0.2) is 35.8 Å². The number of hydrogen-bond acceptors (Lipinski definition) is 6. The van der Waals surface area contributed by atoms with E-state index in [1.807, 2.05) is 0 Å². The summed E-state index contributed by atoms with van der Waals surface area (Å²) < 4.78 is 13.9. The topological polar surface area (TPSA) is 93.7 Å². The molecule has 5 rings (SSSR count). The molecule has 7 nitrogen and oxygen atoms in total. The Hall–Kier alpha value is -3.96. The zero-order valence-corrected chi connectivity index (χ0v) is 19.0. The largest absolute Gasteiger partial charge is 0.383 e. The van der Waals surface area contributed by atoms with Crippen LogP contribution in [0.25, 0.3) is 0 Å². The number of allylic oxidation sites excluding steroid dienone is 1. The first-order chi connectivity index (χ1) is 16.3. The summed E-state index contributed by atoms with van der Waals surface area (Å²) in [6.07, 6.45) is 1.48. The molecule has 34 heavy (non-hydrogen) atoms. The average molecular weight is 458 g/mol. The minimum atomic E-state index is -1.62. The van der Waals surface area contributed by atoms with Gasteiger partial charge in [0.2, 0.25) is 5.91 Å². The fraction of sp³-hybridized carbons (Fsp3) is 0.269. The number of anilines is 1. The summed E-state index contributed by atoms with van der Waals surface area (Å²) in [7, 11) is 3.56. The quantitative estimate of drug-likeness (QED) is 0.761. The van der Waals surface area contributed by atoms with Crippen molar-refractivity contribution in [3.8, 4) is 6.07 Å². The predicted octanol–water partition coefficient (Wildman–Crippen LogP) is 3.10. The van der Waals surface area contributed by atoms with E-state index in [4.69, 9.17) is 5.73 Å². The van der Waals surface area contributed by atoms with E-state index in [1.54, 1.807) is 60.5 Å². The average Bonchev–Trinajstić information content (AvgIpc) is 3.03. The number of benzene rings is 2. The number of amides is 1. The normalized spacial score (nSPS) is 22.0. The smallest absolute Gasteiger partial charge is 0.248 e. The number of carbonyl (C=O) groups is 2. The molecule has 2 aromatic rings. The van der Waals surface area contributed by atoms with Crippen molar-refractivity contribution in [3.05, 3.63) is 88.1 Å². The van der Waals surface area contributed by atoms with Gasteiger partial charge in [-0.3, -0.25) is 14.6 Å². The standard InChI is InChI=1S/C26H24FN5O2/c1-30(2)32-21-11-6-12-22(33)23(21)26(19(14-28)24(32)29)18-9-3-4-10-20(18)31(25(26)34)15-16-7-5-8-17(27)13-16/h3-5,7-10,13H,6,11-12,15,29H2,1-2H3. The molecule has 1 aliphatic carbocycles. The molecule has 1 atom stereocenters. The zero-order valence-electron chi connectivity index (χ0n) is 19.0. The molecule has 0 bridgehead atoms. The molecule has 2 aromatic carbocycles. The van der Waals surface area contributed by atoms with Gasteiger partial charge in [-0.1, -0.05) is 30.3 Å². The molecule has 2 aliphatic heterocycles. The number of Topliss-reactive ketones (excluding diaryl/α,β-unsaturated/α-hetero) is 1. The second-order valence-corrected chi connectivity index (χ2v) is 8.92. The minimum Gasteiger partial charge on any atom is -0.383 e. The lowest BCUT2D eigenvalue weighted by molar-refractivity contribution is -0.124. The van der Waals surface area contributed by atoms with E-state index in [0.29, 0.717) is 47.3 Å². The third-order valence-corrected chi connectivity index (χ3v) is 6.78. The Morgan fingerprint density at radius 2 is 1.91 bits per heavy atom. The molecule has 1 amide bonds. The Labute approximate surface area is 197 Å². The molecule has 0 fully saturated rings. The number of carbonyl (C=O) groups excluding carboxylic acids is 2. The lowest BCUT2D eigenvalue weighted by atomic mass is 9.64. The van der Waals surface area contributed by atoms with Gasteiger partial charge < -0.3 is 10.6 Å². The van der Waals surface area contributed by atoms with Gasteiger partial charge in [0.05, 0.1) is 12.1 Å². The van der Waals surface area contributed by atoms with Crippen LogP contribution in [0.4, 0.5) is 10.1 Å². The number of nitrogens with two attached hydrogens (primary N) is 1. The van der Waals surface area contributed by atoms with Gasteiger partial charge in [-0.2, -0.15) is 5.26 Å². The molecule has 1 spiro atoms. The van der Waals surface area contributed by atoms with Crippen LogP contribution < -0.4 is 10.6 Å². The van der Waals surface area contributed by atoms with Crippen molar-refractivity contribution in [2.24, 2.45) is 5.73 Å². The van der Waals surface area contributed by atoms with Gasteiger partial charge in [-0.25, -0.2) is 9.40 Å². The zero-order chi connectivity index (χ0) is 24.2. The summed E-state index contributed by atoms with van der Waals surface area (Å²) in [5, 5.41) is 13.7. The van der Waals surface area contributed by atoms with Crippen molar-refractivity contribution >= 4 is 17.4 Å². The third-order valence-electron chi connectivity index (χ3n) is 6.78. The Morgan fingerprint density at radius 1 is 1.15 bits per heavy atom. The predicted molar refractivity (Wildman–Crippen MR) is 124 cm³/mol. The van der Waals surface area contributed by atoms with Crippen molar-refractivity contribution in [1.82, 2.24) is 10.0 Å². The monoisotopic (exact) mass is 457 g/mol. The van der Waals surface area contributed by atoms with Crippen LogP contribution in [0.15, 0.2) is 71.2 Å². The van der Waals surface area contributed by atoms with E-state index in [-0.39, 0.29) is 23.7 Å². The summed E-state index contributed by atoms with van der Waals surface area (Å²) in [5.41, 5.74) is 7.67. The molecular formula is C26H24FN5O2.